The minimum absolute atomic E-state index is 0.324. The lowest BCUT2D eigenvalue weighted by molar-refractivity contribution is -0.754. The average Bonchev–Trinajstić information content (AvgIpc) is 2.37. The highest BCUT2D eigenvalue weighted by Gasteiger charge is 2.17. The molecule has 0 atom stereocenters. The summed E-state index contributed by atoms with van der Waals surface area (Å²) in [4.78, 5) is 37.6. The number of hydrogen-bond acceptors (Lipinski definition) is 6. The first-order valence-electron chi connectivity index (χ1n) is 5.55. The number of nitrogens with zero attached hydrogens (tertiary/aromatic N) is 2. The number of rotatable bonds is 5. The van der Waals surface area contributed by atoms with E-state index in [2.05, 4.69) is 10.2 Å². The highest BCUT2D eigenvalue weighted by Crippen LogP contribution is 2.09. The largest absolute Gasteiger partial charge is 0.428 e. The van der Waals surface area contributed by atoms with E-state index in [1.165, 1.54) is 0 Å². The highest BCUT2D eigenvalue weighted by molar-refractivity contribution is 5.77. The van der Waals surface area contributed by atoms with Gasteiger partial charge in [-0.1, -0.05) is 0 Å². The Morgan fingerprint density at radius 1 is 1.28 bits per heavy atom. The predicted molar refractivity (Wildman–Crippen MR) is 57.9 cm³/mol. The minimum atomic E-state index is -1.07. The fraction of sp³-hybridized carbons (Fsp3) is 0.778. The minimum Gasteiger partial charge on any atom is -0.428 e. The van der Waals surface area contributed by atoms with Crippen molar-refractivity contribution in [2.24, 2.45) is 0 Å². The molecule has 1 aliphatic rings. The van der Waals surface area contributed by atoms with E-state index in [0.717, 1.165) is 19.3 Å². The molecular weight excluding hydrogens is 246 g/mol. The summed E-state index contributed by atoms with van der Waals surface area (Å²) < 4.78 is 4.79. The predicted octanol–water partition coefficient (Wildman–Crippen LogP) is -0.109. The zero-order valence-electron chi connectivity index (χ0n) is 9.79. The molecule has 0 unspecified atom stereocenters. The number of carbonyl (C=O) groups excluding carboxylic acids is 2. The van der Waals surface area contributed by atoms with Gasteiger partial charge in [0.05, 0.1) is 0 Å². The van der Waals surface area contributed by atoms with Crippen LogP contribution in [0.5, 0.6) is 0 Å². The van der Waals surface area contributed by atoms with Gasteiger partial charge in [-0.2, -0.15) is 0 Å². The quantitative estimate of drug-likeness (QED) is 0.420. The molecule has 0 spiro atoms. The average molecular weight is 261 g/mol. The van der Waals surface area contributed by atoms with Gasteiger partial charge in [0.1, 0.15) is 0 Å². The van der Waals surface area contributed by atoms with Gasteiger partial charge < -0.3 is 19.8 Å². The number of likely N-dealkylation sites (tertiary alicyclic amines) is 1. The van der Waals surface area contributed by atoms with Gasteiger partial charge in [0.2, 0.25) is 5.91 Å². The normalized spacial score (nSPS) is 14.8. The van der Waals surface area contributed by atoms with Crippen molar-refractivity contribution in [3.63, 3.8) is 0 Å². The lowest BCUT2D eigenvalue weighted by atomic mass is 10.1. The Hall–Kier alpha value is -2.06. The zero-order chi connectivity index (χ0) is 13.4. The van der Waals surface area contributed by atoms with E-state index in [9.17, 15) is 19.7 Å². The van der Waals surface area contributed by atoms with Gasteiger partial charge in [-0.05, 0) is 19.3 Å². The van der Waals surface area contributed by atoms with Crippen molar-refractivity contribution >= 4 is 12.0 Å². The first-order chi connectivity index (χ1) is 8.59. The second-order valence-electron chi connectivity index (χ2n) is 3.70. The summed E-state index contributed by atoms with van der Waals surface area (Å²) in [5.74, 6) is -0.724. The Bertz CT molecular complexity index is 315. The molecule has 0 aromatic carbocycles. The number of amides is 2. The van der Waals surface area contributed by atoms with E-state index in [1.807, 2.05) is 0 Å². The third-order valence-corrected chi connectivity index (χ3v) is 2.38. The van der Waals surface area contributed by atoms with Gasteiger partial charge >= 0.3 is 6.09 Å². The van der Waals surface area contributed by atoms with Crippen LogP contribution in [0.4, 0.5) is 4.79 Å². The van der Waals surface area contributed by atoms with Crippen molar-refractivity contribution in [2.45, 2.75) is 19.3 Å². The van der Waals surface area contributed by atoms with Gasteiger partial charge in [-0.15, -0.1) is 10.1 Å². The maximum atomic E-state index is 11.5. The molecule has 1 rings (SSSR count). The van der Waals surface area contributed by atoms with Crippen molar-refractivity contribution in [2.75, 3.05) is 26.4 Å². The Balaban J connectivity index is 2.10. The first-order valence-corrected chi connectivity index (χ1v) is 5.55. The maximum absolute atomic E-state index is 11.5. The second kappa shape index (κ2) is 7.30. The summed E-state index contributed by atoms with van der Waals surface area (Å²) in [7, 11) is 0. The molecule has 0 aliphatic carbocycles. The summed E-state index contributed by atoms with van der Waals surface area (Å²) in [6, 6.07) is 0. The molecule has 0 aromatic heterocycles. The zero-order valence-corrected chi connectivity index (χ0v) is 9.79. The van der Waals surface area contributed by atoms with Gasteiger partial charge in [0, 0.05) is 13.1 Å². The third-order valence-electron chi connectivity index (χ3n) is 2.38. The highest BCUT2D eigenvalue weighted by atomic mass is 16.9. The molecule has 1 heterocycles. The smallest absolute Gasteiger partial charge is 0.411 e. The van der Waals surface area contributed by atoms with Crippen LogP contribution in [-0.2, 0) is 14.4 Å². The van der Waals surface area contributed by atoms with E-state index in [-0.39, 0.29) is 6.73 Å². The van der Waals surface area contributed by atoms with Crippen LogP contribution in [0, 0.1) is 10.1 Å². The van der Waals surface area contributed by atoms with E-state index in [1.54, 1.807) is 4.90 Å². The van der Waals surface area contributed by atoms with E-state index < -0.39 is 23.7 Å². The van der Waals surface area contributed by atoms with Gasteiger partial charge in [0.25, 0.3) is 5.09 Å². The number of hydrogen-bond donors (Lipinski definition) is 1. The molecule has 0 aromatic rings. The fourth-order valence-electron chi connectivity index (χ4n) is 1.51. The van der Waals surface area contributed by atoms with Crippen molar-refractivity contribution < 1.29 is 24.3 Å². The second-order valence-corrected chi connectivity index (χ2v) is 3.70. The molecular formula is C9H15N3O6. The number of nitrogens with one attached hydrogen (secondary N) is 1. The van der Waals surface area contributed by atoms with Gasteiger partial charge in [0.15, 0.2) is 13.3 Å². The Morgan fingerprint density at radius 3 is 2.56 bits per heavy atom. The lowest BCUT2D eigenvalue weighted by Gasteiger charge is -2.25. The molecule has 2 amide bonds. The van der Waals surface area contributed by atoms with Crippen LogP contribution in [0.25, 0.3) is 0 Å². The van der Waals surface area contributed by atoms with E-state index in [0.29, 0.717) is 13.1 Å². The van der Waals surface area contributed by atoms with Crippen molar-refractivity contribution in [1.29, 1.82) is 0 Å². The lowest BCUT2D eigenvalue weighted by Crippen LogP contribution is -2.39. The van der Waals surface area contributed by atoms with Crippen molar-refractivity contribution in [3.05, 3.63) is 10.1 Å². The molecule has 0 radical (unpaired) electrons. The Labute approximate surface area is 103 Å². The van der Waals surface area contributed by atoms with Crippen LogP contribution in [0.1, 0.15) is 19.3 Å². The molecule has 0 bridgehead atoms. The molecule has 18 heavy (non-hydrogen) atoms. The maximum Gasteiger partial charge on any atom is 0.411 e. The molecule has 1 N–H and O–H groups in total. The van der Waals surface area contributed by atoms with Gasteiger partial charge in [-0.25, -0.2) is 4.79 Å². The summed E-state index contributed by atoms with van der Waals surface area (Å²) in [5.41, 5.74) is 0. The number of carbonyl (C=O) groups is 2. The summed E-state index contributed by atoms with van der Waals surface area (Å²) in [6.07, 6.45) is 2.49. The first kappa shape index (κ1) is 14.0. The fourth-order valence-corrected chi connectivity index (χ4v) is 1.51. The van der Waals surface area contributed by atoms with E-state index >= 15 is 0 Å². The Kier molecular flexibility index (Phi) is 5.68. The molecule has 0 saturated carbocycles. The van der Waals surface area contributed by atoms with E-state index in [4.69, 9.17) is 4.74 Å². The Morgan fingerprint density at radius 2 is 1.94 bits per heavy atom. The van der Waals surface area contributed by atoms with Crippen LogP contribution in [0.3, 0.4) is 0 Å². The summed E-state index contributed by atoms with van der Waals surface area (Å²) in [6.45, 7) is 0.262. The molecule has 9 heteroatoms. The van der Waals surface area contributed by atoms with Crippen LogP contribution in [0.15, 0.2) is 0 Å². The van der Waals surface area contributed by atoms with Crippen LogP contribution in [-0.4, -0.2) is 48.4 Å². The van der Waals surface area contributed by atoms with Crippen molar-refractivity contribution in [1.82, 2.24) is 10.2 Å². The SMILES string of the molecule is O=C(CO[N+](=O)[O-])NCOC(=O)N1CCCCC1. The molecule has 1 saturated heterocycles. The van der Waals surface area contributed by atoms with Crippen LogP contribution >= 0.6 is 0 Å². The number of ether oxygens (including phenoxy) is 1. The van der Waals surface area contributed by atoms with Crippen LogP contribution < -0.4 is 5.32 Å². The van der Waals surface area contributed by atoms with Crippen molar-refractivity contribution in [3.8, 4) is 0 Å². The molecule has 9 nitrogen and oxygen atoms in total. The standard InChI is InChI=1S/C9H15N3O6/c13-8(6-18-12(15)16)10-7-17-9(14)11-4-2-1-3-5-11/h1-7H2,(H,10,13). The molecule has 102 valence electrons. The topological polar surface area (TPSA) is 111 Å². The monoisotopic (exact) mass is 261 g/mol. The summed E-state index contributed by atoms with van der Waals surface area (Å²) >= 11 is 0. The number of piperidine rings is 1. The third kappa shape index (κ3) is 5.32. The molecule has 1 fully saturated rings. The molecule has 1 aliphatic heterocycles. The van der Waals surface area contributed by atoms with Crippen LogP contribution in [0.2, 0.25) is 0 Å². The summed E-state index contributed by atoms with van der Waals surface area (Å²) in [5, 5.41) is 10.9. The van der Waals surface area contributed by atoms with Gasteiger partial charge in [-0.3, -0.25) is 4.79 Å².